The lowest BCUT2D eigenvalue weighted by Crippen LogP contribution is -2.49. The van der Waals surface area contributed by atoms with Gasteiger partial charge in [0.15, 0.2) is 0 Å². The molecule has 0 saturated carbocycles. The van der Waals surface area contributed by atoms with Crippen molar-refractivity contribution in [3.05, 3.63) is 28.0 Å². The first kappa shape index (κ1) is 19.1. The highest BCUT2D eigenvalue weighted by molar-refractivity contribution is 9.10. The van der Waals surface area contributed by atoms with Crippen molar-refractivity contribution < 1.29 is 27.2 Å². The van der Waals surface area contributed by atoms with Crippen LogP contribution in [0, 0.1) is 5.82 Å². The van der Waals surface area contributed by atoms with Crippen LogP contribution in [-0.4, -0.2) is 44.2 Å². The van der Waals surface area contributed by atoms with Crippen molar-refractivity contribution in [2.45, 2.75) is 24.4 Å². The number of rotatable bonds is 3. The number of alkyl halides is 3. The van der Waals surface area contributed by atoms with Gasteiger partial charge in [0.05, 0.1) is 11.1 Å². The van der Waals surface area contributed by atoms with Crippen molar-refractivity contribution in [3.63, 3.8) is 0 Å². The average Bonchev–Trinajstić information content (AvgIpc) is 2.80. The van der Waals surface area contributed by atoms with E-state index < -0.39 is 42.3 Å². The number of carbonyl (C=O) groups is 2. The number of benzene rings is 1. The van der Waals surface area contributed by atoms with E-state index in [1.54, 1.807) is 5.32 Å². The molecule has 26 heavy (non-hydrogen) atoms. The van der Waals surface area contributed by atoms with Crippen molar-refractivity contribution in [3.8, 4) is 0 Å². The zero-order valence-electron chi connectivity index (χ0n) is 13.6. The van der Waals surface area contributed by atoms with Crippen LogP contribution < -0.4 is 15.5 Å². The molecule has 1 spiro atoms. The molecule has 10 heteroatoms. The highest BCUT2D eigenvalue weighted by Crippen LogP contribution is 2.51. The highest BCUT2D eigenvalue weighted by Gasteiger charge is 2.53. The molecule has 2 N–H and O–H groups in total. The van der Waals surface area contributed by atoms with Gasteiger partial charge in [-0.3, -0.25) is 14.5 Å². The molecule has 1 fully saturated rings. The van der Waals surface area contributed by atoms with Crippen LogP contribution in [0.4, 0.5) is 23.2 Å². The molecular formula is C16H16BrF4N3O2. The Kier molecular flexibility index (Phi) is 5.00. The third-order valence-electron chi connectivity index (χ3n) is 4.73. The molecule has 2 aliphatic heterocycles. The predicted octanol–water partition coefficient (Wildman–Crippen LogP) is 2.23. The lowest BCUT2D eigenvalue weighted by Gasteiger charge is -2.33. The fraction of sp³-hybridized carbons (Fsp3) is 0.500. The summed E-state index contributed by atoms with van der Waals surface area (Å²) in [7, 11) is 0. The molecule has 3 rings (SSSR count). The number of carbonyl (C=O) groups excluding carboxylic acids is 2. The SMILES string of the molecule is O=C(CN1C(=O)C2(CCNCC2)c2c(Br)ccc(F)c21)NCC(F)(F)F. The van der Waals surface area contributed by atoms with Crippen LogP contribution in [-0.2, 0) is 15.0 Å². The molecule has 2 aliphatic rings. The summed E-state index contributed by atoms with van der Waals surface area (Å²) in [5.74, 6) is -2.13. The first-order chi connectivity index (χ1) is 12.2. The van der Waals surface area contributed by atoms with Crippen LogP contribution in [0.5, 0.6) is 0 Å². The molecule has 0 unspecified atom stereocenters. The Morgan fingerprint density at radius 3 is 2.58 bits per heavy atom. The van der Waals surface area contributed by atoms with Crippen LogP contribution in [0.15, 0.2) is 16.6 Å². The lowest BCUT2D eigenvalue weighted by molar-refractivity contribution is -0.138. The number of anilines is 1. The second-order valence-corrected chi connectivity index (χ2v) is 7.22. The van der Waals surface area contributed by atoms with E-state index in [-0.39, 0.29) is 5.69 Å². The number of hydrogen-bond acceptors (Lipinski definition) is 3. The Balaban J connectivity index is 1.94. The highest BCUT2D eigenvalue weighted by atomic mass is 79.9. The summed E-state index contributed by atoms with van der Waals surface area (Å²) in [4.78, 5) is 26.0. The zero-order valence-corrected chi connectivity index (χ0v) is 15.1. The van der Waals surface area contributed by atoms with Crippen LogP contribution in [0.3, 0.4) is 0 Å². The van der Waals surface area contributed by atoms with Gasteiger partial charge in [0.25, 0.3) is 0 Å². The number of nitrogens with zero attached hydrogens (tertiary/aromatic N) is 1. The lowest BCUT2D eigenvalue weighted by atomic mass is 9.74. The van der Waals surface area contributed by atoms with E-state index in [0.717, 1.165) is 11.0 Å². The summed E-state index contributed by atoms with van der Waals surface area (Å²) in [5, 5.41) is 4.85. The number of amides is 2. The Morgan fingerprint density at radius 2 is 1.96 bits per heavy atom. The topological polar surface area (TPSA) is 61.4 Å². The zero-order chi connectivity index (χ0) is 19.1. The maximum absolute atomic E-state index is 14.5. The van der Waals surface area contributed by atoms with Crippen LogP contribution in [0.25, 0.3) is 0 Å². The minimum absolute atomic E-state index is 0.0339. The van der Waals surface area contributed by atoms with E-state index in [1.807, 2.05) is 0 Å². The van der Waals surface area contributed by atoms with Gasteiger partial charge in [-0.1, -0.05) is 15.9 Å². The molecule has 1 saturated heterocycles. The number of halogens is 5. The third kappa shape index (κ3) is 3.32. The summed E-state index contributed by atoms with van der Waals surface area (Å²) in [6, 6.07) is 2.66. The fourth-order valence-corrected chi connectivity index (χ4v) is 4.29. The van der Waals surface area contributed by atoms with Gasteiger partial charge in [-0.25, -0.2) is 4.39 Å². The minimum atomic E-state index is -4.56. The van der Waals surface area contributed by atoms with Gasteiger partial charge in [-0.05, 0) is 38.1 Å². The Morgan fingerprint density at radius 1 is 1.31 bits per heavy atom. The quantitative estimate of drug-likeness (QED) is 0.712. The Labute approximate surface area is 155 Å². The molecule has 0 atom stereocenters. The van der Waals surface area contributed by atoms with E-state index in [2.05, 4.69) is 21.2 Å². The van der Waals surface area contributed by atoms with E-state index in [0.29, 0.717) is 36.0 Å². The molecule has 0 aliphatic carbocycles. The molecule has 5 nitrogen and oxygen atoms in total. The monoisotopic (exact) mass is 437 g/mol. The van der Waals surface area contributed by atoms with Crippen LogP contribution in [0.2, 0.25) is 0 Å². The van der Waals surface area contributed by atoms with Crippen LogP contribution >= 0.6 is 15.9 Å². The summed E-state index contributed by atoms with van der Waals surface area (Å²) in [6.07, 6.45) is -3.73. The number of hydrogen-bond donors (Lipinski definition) is 2. The molecule has 0 radical (unpaired) electrons. The maximum Gasteiger partial charge on any atom is 0.405 e. The van der Waals surface area contributed by atoms with Gasteiger partial charge in [-0.15, -0.1) is 0 Å². The van der Waals surface area contributed by atoms with E-state index >= 15 is 0 Å². The fourth-order valence-electron chi connectivity index (χ4n) is 3.59. The molecule has 2 amide bonds. The second kappa shape index (κ2) is 6.80. The molecule has 1 aromatic carbocycles. The molecule has 0 aromatic heterocycles. The molecule has 1 aromatic rings. The maximum atomic E-state index is 14.5. The molecule has 0 bridgehead atoms. The standard InChI is InChI=1S/C16H16BrF4N3O2/c17-9-1-2-10(18)13-12(9)15(3-5-22-6-4-15)14(26)24(13)7-11(25)23-8-16(19,20)21/h1-2,22H,3-8H2,(H,23,25). The smallest absolute Gasteiger partial charge is 0.345 e. The normalized spacial score (nSPS) is 19.0. The van der Waals surface area contributed by atoms with Gasteiger partial charge >= 0.3 is 6.18 Å². The van der Waals surface area contributed by atoms with Gasteiger partial charge in [0, 0.05) is 10.0 Å². The number of nitrogens with one attached hydrogen (secondary N) is 2. The molecular weight excluding hydrogens is 422 g/mol. The molecule has 142 valence electrons. The largest absolute Gasteiger partial charge is 0.405 e. The summed E-state index contributed by atoms with van der Waals surface area (Å²) < 4.78 is 51.9. The van der Waals surface area contributed by atoms with E-state index in [1.165, 1.54) is 6.07 Å². The summed E-state index contributed by atoms with van der Waals surface area (Å²) in [6.45, 7) is -1.08. The van der Waals surface area contributed by atoms with E-state index in [4.69, 9.17) is 0 Å². The van der Waals surface area contributed by atoms with Crippen molar-refractivity contribution in [2.24, 2.45) is 0 Å². The number of fused-ring (bicyclic) bond motifs is 2. The van der Waals surface area contributed by atoms with Gasteiger partial charge in [-0.2, -0.15) is 13.2 Å². The average molecular weight is 438 g/mol. The Hall–Kier alpha value is -1.68. The van der Waals surface area contributed by atoms with Gasteiger partial charge in [0.2, 0.25) is 11.8 Å². The third-order valence-corrected chi connectivity index (χ3v) is 5.39. The first-order valence-electron chi connectivity index (χ1n) is 8.00. The Bertz CT molecular complexity index is 748. The summed E-state index contributed by atoms with van der Waals surface area (Å²) in [5.41, 5.74) is -0.549. The second-order valence-electron chi connectivity index (χ2n) is 6.37. The van der Waals surface area contributed by atoms with Crippen molar-refractivity contribution in [1.82, 2.24) is 10.6 Å². The van der Waals surface area contributed by atoms with Crippen molar-refractivity contribution >= 4 is 33.4 Å². The predicted molar refractivity (Wildman–Crippen MR) is 89.3 cm³/mol. The van der Waals surface area contributed by atoms with E-state index in [9.17, 15) is 27.2 Å². The summed E-state index contributed by atoms with van der Waals surface area (Å²) >= 11 is 3.35. The van der Waals surface area contributed by atoms with Crippen LogP contribution in [0.1, 0.15) is 18.4 Å². The first-order valence-corrected chi connectivity index (χ1v) is 8.80. The van der Waals surface area contributed by atoms with Crippen molar-refractivity contribution in [2.75, 3.05) is 31.1 Å². The van der Waals surface area contributed by atoms with Crippen molar-refractivity contribution in [1.29, 1.82) is 0 Å². The van der Waals surface area contributed by atoms with Gasteiger partial charge in [0.1, 0.15) is 18.9 Å². The number of piperidine rings is 1. The van der Waals surface area contributed by atoms with Gasteiger partial charge < -0.3 is 10.6 Å². The molecule has 2 heterocycles. The minimum Gasteiger partial charge on any atom is -0.345 e.